The quantitative estimate of drug-likeness (QED) is 0.852. The van der Waals surface area contributed by atoms with Crippen molar-refractivity contribution in [2.75, 3.05) is 26.0 Å². The van der Waals surface area contributed by atoms with Crippen LogP contribution in [0.5, 0.6) is 5.75 Å². The summed E-state index contributed by atoms with van der Waals surface area (Å²) in [6, 6.07) is 1.67. The predicted octanol–water partition coefficient (Wildman–Crippen LogP) is 0.149. The molecule has 1 amide bonds. The van der Waals surface area contributed by atoms with E-state index < -0.39 is 10.0 Å². The monoisotopic (exact) mass is 313 g/mol. The van der Waals surface area contributed by atoms with Gasteiger partial charge in [0, 0.05) is 18.8 Å². The third kappa shape index (κ3) is 3.92. The van der Waals surface area contributed by atoms with Crippen LogP contribution < -0.4 is 9.88 Å². The zero-order valence-electron chi connectivity index (χ0n) is 12.1. The van der Waals surface area contributed by atoms with Gasteiger partial charge in [0.05, 0.1) is 24.6 Å². The summed E-state index contributed by atoms with van der Waals surface area (Å²) in [7, 11) is -2.03. The summed E-state index contributed by atoms with van der Waals surface area (Å²) in [5.41, 5.74) is 1.17. The van der Waals surface area contributed by atoms with Crippen LogP contribution in [0.4, 0.5) is 0 Å². The van der Waals surface area contributed by atoms with Crippen molar-refractivity contribution >= 4 is 15.9 Å². The second kappa shape index (κ2) is 5.98. The SMILES string of the molecule is COc1cnc(C)cc1C(=O)N1CCC(CS(N)(=O)=O)C1. The second-order valence-corrected chi connectivity index (χ2v) is 6.92. The molecule has 21 heavy (non-hydrogen) atoms. The Morgan fingerprint density at radius 1 is 1.57 bits per heavy atom. The molecule has 0 aromatic carbocycles. The van der Waals surface area contributed by atoms with E-state index in [4.69, 9.17) is 9.88 Å². The lowest BCUT2D eigenvalue weighted by Gasteiger charge is -2.18. The summed E-state index contributed by atoms with van der Waals surface area (Å²) in [5, 5.41) is 5.05. The molecule has 2 N–H and O–H groups in total. The number of sulfonamides is 1. The molecule has 1 aliphatic rings. The molecule has 1 saturated heterocycles. The summed E-state index contributed by atoms with van der Waals surface area (Å²) in [6.07, 6.45) is 2.15. The number of pyridine rings is 1. The molecule has 2 heterocycles. The molecule has 1 aromatic heterocycles. The summed E-state index contributed by atoms with van der Waals surface area (Å²) < 4.78 is 27.4. The van der Waals surface area contributed by atoms with E-state index >= 15 is 0 Å². The van der Waals surface area contributed by atoms with E-state index in [1.54, 1.807) is 17.9 Å². The van der Waals surface area contributed by atoms with Crippen molar-refractivity contribution in [3.63, 3.8) is 0 Å². The molecule has 1 atom stereocenters. The van der Waals surface area contributed by atoms with Crippen LogP contribution in [0.15, 0.2) is 12.3 Å². The average molecular weight is 313 g/mol. The van der Waals surface area contributed by atoms with Crippen LogP contribution in [0.1, 0.15) is 22.5 Å². The molecule has 1 aliphatic heterocycles. The maximum absolute atomic E-state index is 12.5. The first-order chi connectivity index (χ1) is 9.80. The molecular formula is C13H19N3O4S. The van der Waals surface area contributed by atoms with E-state index in [-0.39, 0.29) is 17.6 Å². The molecule has 7 nitrogen and oxygen atoms in total. The fourth-order valence-electron chi connectivity index (χ4n) is 2.53. The lowest BCUT2D eigenvalue weighted by atomic mass is 10.1. The summed E-state index contributed by atoms with van der Waals surface area (Å²) in [4.78, 5) is 18.3. The van der Waals surface area contributed by atoms with Crippen molar-refractivity contribution in [3.05, 3.63) is 23.5 Å². The fourth-order valence-corrected chi connectivity index (χ4v) is 3.46. The molecule has 1 unspecified atom stereocenters. The van der Waals surface area contributed by atoms with Crippen LogP contribution in [0.3, 0.4) is 0 Å². The van der Waals surface area contributed by atoms with Gasteiger partial charge in [0.1, 0.15) is 5.75 Å². The molecule has 0 aliphatic carbocycles. The van der Waals surface area contributed by atoms with E-state index in [0.29, 0.717) is 30.8 Å². The molecule has 8 heteroatoms. The van der Waals surface area contributed by atoms with Gasteiger partial charge >= 0.3 is 0 Å². The van der Waals surface area contributed by atoms with Crippen LogP contribution in [0, 0.1) is 12.8 Å². The standard InChI is InChI=1S/C13H19N3O4S/c1-9-5-11(12(20-2)6-15-9)13(17)16-4-3-10(7-16)8-21(14,18)19/h5-6,10H,3-4,7-8H2,1-2H3,(H2,14,18,19). The van der Waals surface area contributed by atoms with Crippen LogP contribution in [0.2, 0.25) is 0 Å². The third-order valence-corrected chi connectivity index (χ3v) is 4.43. The largest absolute Gasteiger partial charge is 0.494 e. The van der Waals surface area contributed by atoms with Gasteiger partial charge in [-0.2, -0.15) is 0 Å². The summed E-state index contributed by atoms with van der Waals surface area (Å²) >= 11 is 0. The lowest BCUT2D eigenvalue weighted by molar-refractivity contribution is 0.0784. The first-order valence-electron chi connectivity index (χ1n) is 6.60. The molecule has 0 spiro atoms. The van der Waals surface area contributed by atoms with Gasteiger partial charge in [0.15, 0.2) is 0 Å². The first-order valence-corrected chi connectivity index (χ1v) is 8.32. The van der Waals surface area contributed by atoms with Gasteiger partial charge in [-0.1, -0.05) is 0 Å². The highest BCUT2D eigenvalue weighted by Crippen LogP contribution is 2.24. The van der Waals surface area contributed by atoms with Gasteiger partial charge < -0.3 is 9.64 Å². The molecule has 0 radical (unpaired) electrons. The third-order valence-electron chi connectivity index (χ3n) is 3.50. The smallest absolute Gasteiger partial charge is 0.257 e. The minimum atomic E-state index is -3.51. The minimum absolute atomic E-state index is 0.0940. The lowest BCUT2D eigenvalue weighted by Crippen LogP contribution is -2.31. The number of aromatic nitrogens is 1. The number of hydrogen-bond donors (Lipinski definition) is 1. The van der Waals surface area contributed by atoms with E-state index in [1.165, 1.54) is 13.3 Å². The predicted molar refractivity (Wildman–Crippen MR) is 77.5 cm³/mol. The van der Waals surface area contributed by atoms with Crippen LogP contribution >= 0.6 is 0 Å². The number of ether oxygens (including phenoxy) is 1. The Labute approximate surface area is 124 Å². The van der Waals surface area contributed by atoms with Gasteiger partial charge in [0.2, 0.25) is 10.0 Å². The van der Waals surface area contributed by atoms with Crippen molar-refractivity contribution in [3.8, 4) is 5.75 Å². The highest BCUT2D eigenvalue weighted by molar-refractivity contribution is 7.89. The Balaban J connectivity index is 2.13. The van der Waals surface area contributed by atoms with Gasteiger partial charge in [0.25, 0.3) is 5.91 Å². The fraction of sp³-hybridized carbons (Fsp3) is 0.538. The van der Waals surface area contributed by atoms with Crippen molar-refractivity contribution in [1.82, 2.24) is 9.88 Å². The van der Waals surface area contributed by atoms with Gasteiger partial charge in [-0.05, 0) is 25.3 Å². The van der Waals surface area contributed by atoms with Crippen LogP contribution in [0.25, 0.3) is 0 Å². The van der Waals surface area contributed by atoms with E-state index in [9.17, 15) is 13.2 Å². The van der Waals surface area contributed by atoms with E-state index in [0.717, 1.165) is 5.69 Å². The Kier molecular flexibility index (Phi) is 4.48. The zero-order valence-corrected chi connectivity index (χ0v) is 12.9. The number of nitrogens with zero attached hydrogens (tertiary/aromatic N) is 2. The molecular weight excluding hydrogens is 294 g/mol. The van der Waals surface area contributed by atoms with Crippen LogP contribution in [-0.4, -0.2) is 50.2 Å². The molecule has 2 rings (SSSR count). The number of primary sulfonamides is 1. The highest BCUT2D eigenvalue weighted by atomic mass is 32.2. The highest BCUT2D eigenvalue weighted by Gasteiger charge is 2.30. The van der Waals surface area contributed by atoms with Crippen molar-refractivity contribution in [1.29, 1.82) is 0 Å². The van der Waals surface area contributed by atoms with E-state index in [2.05, 4.69) is 4.98 Å². The second-order valence-electron chi connectivity index (χ2n) is 5.26. The number of likely N-dealkylation sites (tertiary alicyclic amines) is 1. The van der Waals surface area contributed by atoms with E-state index in [1.807, 2.05) is 0 Å². The number of methoxy groups -OCH3 is 1. The topological polar surface area (TPSA) is 103 Å². The molecule has 1 aromatic rings. The Bertz CT molecular complexity index is 645. The number of nitrogens with two attached hydrogens (primary N) is 1. The maximum Gasteiger partial charge on any atom is 0.257 e. The normalized spacial score (nSPS) is 18.8. The van der Waals surface area contributed by atoms with Crippen molar-refractivity contribution < 1.29 is 17.9 Å². The first kappa shape index (κ1) is 15.7. The molecule has 0 bridgehead atoms. The zero-order chi connectivity index (χ0) is 15.6. The average Bonchev–Trinajstić information content (AvgIpc) is 2.84. The Hall–Kier alpha value is -1.67. The number of rotatable bonds is 4. The number of aryl methyl sites for hydroxylation is 1. The van der Waals surface area contributed by atoms with Crippen molar-refractivity contribution in [2.45, 2.75) is 13.3 Å². The Morgan fingerprint density at radius 2 is 2.29 bits per heavy atom. The number of carbonyl (C=O) groups is 1. The summed E-state index contributed by atoms with van der Waals surface area (Å²) in [6.45, 7) is 2.70. The van der Waals surface area contributed by atoms with Gasteiger partial charge in [-0.25, -0.2) is 13.6 Å². The molecule has 116 valence electrons. The summed E-state index contributed by atoms with van der Waals surface area (Å²) in [5.74, 6) is 0.0381. The Morgan fingerprint density at radius 3 is 2.90 bits per heavy atom. The van der Waals surface area contributed by atoms with Gasteiger partial charge in [-0.3, -0.25) is 9.78 Å². The minimum Gasteiger partial charge on any atom is -0.494 e. The molecule has 0 saturated carbocycles. The van der Waals surface area contributed by atoms with Gasteiger partial charge in [-0.15, -0.1) is 0 Å². The number of hydrogen-bond acceptors (Lipinski definition) is 5. The number of carbonyl (C=O) groups excluding carboxylic acids is 1. The van der Waals surface area contributed by atoms with Crippen LogP contribution in [-0.2, 0) is 10.0 Å². The number of amides is 1. The molecule has 1 fully saturated rings. The van der Waals surface area contributed by atoms with Crippen molar-refractivity contribution in [2.24, 2.45) is 11.1 Å². The maximum atomic E-state index is 12.5.